The minimum atomic E-state index is -5.10. The first kappa shape index (κ1) is 20.3. The van der Waals surface area contributed by atoms with Gasteiger partial charge in [0.05, 0.1) is 6.61 Å². The summed E-state index contributed by atoms with van der Waals surface area (Å²) in [5, 5.41) is 0. The molecular weight excluding hydrogens is 357 g/mol. The monoisotopic (exact) mass is 376 g/mol. The van der Waals surface area contributed by atoms with Crippen LogP contribution in [0.15, 0.2) is 30.3 Å². The predicted molar refractivity (Wildman–Crippen MR) is 82.1 cm³/mol. The first-order valence-electron chi connectivity index (χ1n) is 7.72. The second kappa shape index (κ2) is 7.34. The molecule has 0 bridgehead atoms. The van der Waals surface area contributed by atoms with Crippen molar-refractivity contribution in [3.63, 3.8) is 0 Å². The first-order chi connectivity index (χ1) is 12.0. The van der Waals surface area contributed by atoms with E-state index >= 15 is 0 Å². The maximum atomic E-state index is 13.7. The van der Waals surface area contributed by atoms with Crippen LogP contribution >= 0.6 is 0 Å². The molecule has 1 heterocycles. The number of carbonyl (C=O) groups is 2. The zero-order valence-corrected chi connectivity index (χ0v) is 14.5. The SMILES string of the molecule is CO[C@](C(=O)OCC(=O)[C@@H]1COC(C)(C)O1)(c1ccccc1)C(F)(F)F. The molecule has 1 aromatic rings. The number of hydrogen-bond acceptors (Lipinski definition) is 6. The summed E-state index contributed by atoms with van der Waals surface area (Å²) in [6, 6.07) is 6.35. The quantitative estimate of drug-likeness (QED) is 0.710. The molecule has 2 rings (SSSR count). The zero-order chi connectivity index (χ0) is 19.6. The van der Waals surface area contributed by atoms with Crippen LogP contribution in [0.4, 0.5) is 13.2 Å². The number of alkyl halides is 3. The van der Waals surface area contributed by atoms with Gasteiger partial charge in [0.1, 0.15) is 6.10 Å². The molecule has 6 nitrogen and oxygen atoms in total. The highest BCUT2D eigenvalue weighted by atomic mass is 19.4. The van der Waals surface area contributed by atoms with Gasteiger partial charge in [-0.05, 0) is 13.8 Å². The molecule has 1 aromatic carbocycles. The Morgan fingerprint density at radius 2 is 1.85 bits per heavy atom. The molecule has 0 amide bonds. The number of halogens is 3. The van der Waals surface area contributed by atoms with Gasteiger partial charge >= 0.3 is 12.1 Å². The van der Waals surface area contributed by atoms with E-state index in [9.17, 15) is 22.8 Å². The van der Waals surface area contributed by atoms with Crippen molar-refractivity contribution in [3.05, 3.63) is 35.9 Å². The Labute approximate surface area is 148 Å². The van der Waals surface area contributed by atoms with Crippen LogP contribution in [0.1, 0.15) is 19.4 Å². The van der Waals surface area contributed by atoms with Crippen molar-refractivity contribution >= 4 is 11.8 Å². The summed E-state index contributed by atoms with van der Waals surface area (Å²) in [4.78, 5) is 24.3. The Morgan fingerprint density at radius 3 is 2.31 bits per heavy atom. The lowest BCUT2D eigenvalue weighted by Crippen LogP contribution is -2.52. The molecule has 9 heteroatoms. The third kappa shape index (κ3) is 3.89. The highest BCUT2D eigenvalue weighted by molar-refractivity contribution is 5.89. The maximum absolute atomic E-state index is 13.7. The Kier molecular flexibility index (Phi) is 5.74. The molecule has 2 atom stereocenters. The minimum Gasteiger partial charge on any atom is -0.455 e. The summed E-state index contributed by atoms with van der Waals surface area (Å²) in [7, 11) is 0.750. The van der Waals surface area contributed by atoms with Gasteiger partial charge in [0.15, 0.2) is 12.4 Å². The van der Waals surface area contributed by atoms with Crippen LogP contribution in [0.25, 0.3) is 0 Å². The van der Waals surface area contributed by atoms with Crippen LogP contribution in [0.2, 0.25) is 0 Å². The van der Waals surface area contributed by atoms with E-state index in [0.29, 0.717) is 0 Å². The fourth-order valence-corrected chi connectivity index (χ4v) is 2.56. The molecule has 1 fully saturated rings. The van der Waals surface area contributed by atoms with Gasteiger partial charge in [-0.1, -0.05) is 30.3 Å². The minimum absolute atomic E-state index is 0.0727. The summed E-state index contributed by atoms with van der Waals surface area (Å²) in [5.74, 6) is -3.43. The Hall–Kier alpha value is -1.97. The largest absolute Gasteiger partial charge is 0.455 e. The van der Waals surface area contributed by atoms with Crippen molar-refractivity contribution in [1.29, 1.82) is 0 Å². The normalized spacial score (nSPS) is 21.8. The maximum Gasteiger partial charge on any atom is 0.432 e. The Balaban J connectivity index is 2.17. The van der Waals surface area contributed by atoms with Gasteiger partial charge < -0.3 is 18.9 Å². The molecule has 1 saturated heterocycles. The summed E-state index contributed by atoms with van der Waals surface area (Å²) < 4.78 is 60.8. The fraction of sp³-hybridized carbons (Fsp3) is 0.529. The van der Waals surface area contributed by atoms with E-state index < -0.39 is 47.6 Å². The van der Waals surface area contributed by atoms with Gasteiger partial charge in [-0.2, -0.15) is 13.2 Å². The number of ketones is 1. The van der Waals surface area contributed by atoms with E-state index in [1.165, 1.54) is 18.2 Å². The van der Waals surface area contributed by atoms with Crippen molar-refractivity contribution in [1.82, 2.24) is 0 Å². The fourth-order valence-electron chi connectivity index (χ4n) is 2.56. The van der Waals surface area contributed by atoms with Crippen LogP contribution < -0.4 is 0 Å². The van der Waals surface area contributed by atoms with E-state index in [2.05, 4.69) is 9.47 Å². The van der Waals surface area contributed by atoms with E-state index in [0.717, 1.165) is 19.2 Å². The number of methoxy groups -OCH3 is 1. The number of hydrogen-bond donors (Lipinski definition) is 0. The molecule has 1 aliphatic heterocycles. The Morgan fingerprint density at radius 1 is 1.23 bits per heavy atom. The highest BCUT2D eigenvalue weighted by Crippen LogP contribution is 2.43. The topological polar surface area (TPSA) is 71.1 Å². The van der Waals surface area contributed by atoms with E-state index in [1.807, 2.05) is 0 Å². The number of rotatable bonds is 6. The summed E-state index contributed by atoms with van der Waals surface area (Å²) in [6.07, 6.45) is -6.12. The number of ether oxygens (including phenoxy) is 4. The average molecular weight is 376 g/mol. The second-order valence-corrected chi connectivity index (χ2v) is 6.11. The molecule has 144 valence electrons. The van der Waals surface area contributed by atoms with Crippen LogP contribution in [0.3, 0.4) is 0 Å². The summed E-state index contributed by atoms with van der Waals surface area (Å²) >= 11 is 0. The van der Waals surface area contributed by atoms with Gasteiger partial charge in [0.25, 0.3) is 5.60 Å². The van der Waals surface area contributed by atoms with Crippen LogP contribution in [0.5, 0.6) is 0 Å². The van der Waals surface area contributed by atoms with Gasteiger partial charge in [0, 0.05) is 12.7 Å². The molecule has 0 aliphatic carbocycles. The lowest BCUT2D eigenvalue weighted by atomic mass is 9.93. The van der Waals surface area contributed by atoms with Crippen molar-refractivity contribution < 1.29 is 41.7 Å². The van der Waals surface area contributed by atoms with Crippen LogP contribution in [-0.2, 0) is 34.1 Å². The molecular formula is C17H19F3O6. The smallest absolute Gasteiger partial charge is 0.432 e. The van der Waals surface area contributed by atoms with E-state index in [1.54, 1.807) is 13.8 Å². The molecule has 0 radical (unpaired) electrons. The molecule has 1 aliphatic rings. The van der Waals surface area contributed by atoms with Crippen LogP contribution in [-0.4, -0.2) is 50.1 Å². The van der Waals surface area contributed by atoms with Crippen molar-refractivity contribution in [2.45, 2.75) is 37.5 Å². The lowest BCUT2D eigenvalue weighted by molar-refractivity contribution is -0.276. The van der Waals surface area contributed by atoms with E-state index in [-0.39, 0.29) is 6.61 Å². The van der Waals surface area contributed by atoms with Gasteiger partial charge in [-0.15, -0.1) is 0 Å². The molecule has 26 heavy (non-hydrogen) atoms. The second-order valence-electron chi connectivity index (χ2n) is 6.11. The van der Waals surface area contributed by atoms with E-state index in [4.69, 9.17) is 9.47 Å². The standard InChI is InChI=1S/C17H19F3O6/c1-15(2)25-10-13(26-15)12(21)9-24-14(22)16(23-3,17(18,19)20)11-7-5-4-6-8-11/h4-8,13H,9-10H2,1-3H3/t13-,16-/m0/s1. The number of benzene rings is 1. The van der Waals surface area contributed by atoms with Gasteiger partial charge in [-0.25, -0.2) is 4.79 Å². The third-order valence-corrected chi connectivity index (χ3v) is 3.89. The molecule has 0 aromatic heterocycles. The molecule has 0 unspecified atom stereocenters. The number of esters is 1. The molecule has 0 N–H and O–H groups in total. The van der Waals surface area contributed by atoms with Crippen LogP contribution in [0, 0.1) is 0 Å². The zero-order valence-electron chi connectivity index (χ0n) is 14.5. The summed E-state index contributed by atoms with van der Waals surface area (Å²) in [5.41, 5.74) is -3.78. The molecule has 0 saturated carbocycles. The average Bonchev–Trinajstić information content (AvgIpc) is 2.93. The lowest BCUT2D eigenvalue weighted by Gasteiger charge is -2.32. The van der Waals surface area contributed by atoms with Crippen molar-refractivity contribution in [3.8, 4) is 0 Å². The summed E-state index contributed by atoms with van der Waals surface area (Å²) in [6.45, 7) is 2.20. The highest BCUT2D eigenvalue weighted by Gasteiger charge is 2.64. The van der Waals surface area contributed by atoms with Crippen molar-refractivity contribution in [2.75, 3.05) is 20.3 Å². The number of carbonyl (C=O) groups excluding carboxylic acids is 2. The first-order valence-corrected chi connectivity index (χ1v) is 7.72. The predicted octanol–water partition coefficient (Wildman–Crippen LogP) is 2.35. The van der Waals surface area contributed by atoms with Crippen molar-refractivity contribution in [2.24, 2.45) is 0 Å². The number of Topliss-reactive ketones (excluding diaryl/α,β-unsaturated/α-hetero) is 1. The van der Waals surface area contributed by atoms with Gasteiger partial charge in [-0.3, -0.25) is 4.79 Å². The van der Waals surface area contributed by atoms with Gasteiger partial charge in [0.2, 0.25) is 5.78 Å². The molecule has 0 spiro atoms. The third-order valence-electron chi connectivity index (χ3n) is 3.89. The Bertz CT molecular complexity index is 658.